The summed E-state index contributed by atoms with van der Waals surface area (Å²) in [7, 11) is 1.93. The Balaban J connectivity index is 2.01. The molecule has 2 unspecified atom stereocenters. The number of carbonyl (C=O) groups is 1. The molecular formula is C17H25ClN2O. The van der Waals surface area contributed by atoms with Gasteiger partial charge in [-0.1, -0.05) is 30.7 Å². The molecular weight excluding hydrogens is 284 g/mol. The standard InChI is InChI=1S/C17H25ClN2O/c1-12(14-4-6-16(18)7-5-14)13(2)20(3)17(21)15-8-10-19-11-9-15/h4-7,12-13,15,19H,8-11H2,1-3H3. The molecule has 1 aliphatic rings. The lowest BCUT2D eigenvalue weighted by Crippen LogP contribution is -2.44. The van der Waals surface area contributed by atoms with Crippen molar-refractivity contribution in [2.24, 2.45) is 5.92 Å². The van der Waals surface area contributed by atoms with Crippen LogP contribution in [0.1, 0.15) is 38.2 Å². The first-order valence-electron chi connectivity index (χ1n) is 7.73. The van der Waals surface area contributed by atoms with Gasteiger partial charge < -0.3 is 10.2 Å². The third-order valence-corrected chi connectivity index (χ3v) is 5.02. The fourth-order valence-corrected chi connectivity index (χ4v) is 3.06. The Morgan fingerprint density at radius 2 is 1.81 bits per heavy atom. The minimum Gasteiger partial charge on any atom is -0.342 e. The second-order valence-electron chi connectivity index (χ2n) is 6.05. The molecule has 1 N–H and O–H groups in total. The van der Waals surface area contributed by atoms with Gasteiger partial charge in [-0.05, 0) is 50.6 Å². The third kappa shape index (κ3) is 3.98. The van der Waals surface area contributed by atoms with Gasteiger partial charge in [0.15, 0.2) is 0 Å². The predicted molar refractivity (Wildman–Crippen MR) is 87.7 cm³/mol. The number of carbonyl (C=O) groups excluding carboxylic acids is 1. The summed E-state index contributed by atoms with van der Waals surface area (Å²) in [6.45, 7) is 6.19. The number of halogens is 1. The highest BCUT2D eigenvalue weighted by Gasteiger charge is 2.28. The van der Waals surface area contributed by atoms with Gasteiger partial charge in [0.1, 0.15) is 0 Å². The summed E-state index contributed by atoms with van der Waals surface area (Å²) in [6, 6.07) is 8.09. The molecule has 21 heavy (non-hydrogen) atoms. The van der Waals surface area contributed by atoms with Gasteiger partial charge in [0, 0.05) is 29.9 Å². The number of hydrogen-bond donors (Lipinski definition) is 1. The van der Waals surface area contributed by atoms with Gasteiger partial charge in [-0.3, -0.25) is 4.79 Å². The van der Waals surface area contributed by atoms with Crippen molar-refractivity contribution in [1.82, 2.24) is 10.2 Å². The van der Waals surface area contributed by atoms with Crippen LogP contribution in [0.4, 0.5) is 0 Å². The summed E-state index contributed by atoms with van der Waals surface area (Å²) >= 11 is 5.94. The Labute approximate surface area is 132 Å². The zero-order valence-electron chi connectivity index (χ0n) is 13.1. The molecule has 116 valence electrons. The van der Waals surface area contributed by atoms with Gasteiger partial charge in [0.25, 0.3) is 0 Å². The minimum absolute atomic E-state index is 0.175. The van der Waals surface area contributed by atoms with Crippen LogP contribution in [0, 0.1) is 5.92 Å². The molecule has 0 aliphatic carbocycles. The van der Waals surface area contributed by atoms with E-state index in [1.807, 2.05) is 36.2 Å². The third-order valence-electron chi connectivity index (χ3n) is 4.77. The zero-order chi connectivity index (χ0) is 15.4. The topological polar surface area (TPSA) is 32.3 Å². The van der Waals surface area contributed by atoms with Crippen molar-refractivity contribution in [2.75, 3.05) is 20.1 Å². The number of rotatable bonds is 4. The molecule has 1 fully saturated rings. The van der Waals surface area contributed by atoms with Crippen LogP contribution in [0.25, 0.3) is 0 Å². The lowest BCUT2D eigenvalue weighted by molar-refractivity contribution is -0.137. The maximum atomic E-state index is 12.6. The van der Waals surface area contributed by atoms with Crippen molar-refractivity contribution in [1.29, 1.82) is 0 Å². The quantitative estimate of drug-likeness (QED) is 0.925. The molecule has 0 bridgehead atoms. The molecule has 1 saturated heterocycles. The van der Waals surface area contributed by atoms with Crippen LogP contribution in [-0.2, 0) is 4.79 Å². The van der Waals surface area contributed by atoms with E-state index in [0.717, 1.165) is 31.0 Å². The Hall–Kier alpha value is -1.06. The maximum absolute atomic E-state index is 12.6. The van der Waals surface area contributed by atoms with E-state index in [4.69, 9.17) is 11.6 Å². The summed E-state index contributed by atoms with van der Waals surface area (Å²) in [4.78, 5) is 14.5. The van der Waals surface area contributed by atoms with Crippen molar-refractivity contribution in [3.63, 3.8) is 0 Å². The lowest BCUT2D eigenvalue weighted by Gasteiger charge is -2.34. The van der Waals surface area contributed by atoms with Gasteiger partial charge >= 0.3 is 0 Å². The van der Waals surface area contributed by atoms with E-state index < -0.39 is 0 Å². The van der Waals surface area contributed by atoms with Crippen LogP contribution in [0.5, 0.6) is 0 Å². The highest BCUT2D eigenvalue weighted by molar-refractivity contribution is 6.30. The van der Waals surface area contributed by atoms with E-state index in [0.29, 0.717) is 0 Å². The summed E-state index contributed by atoms with van der Waals surface area (Å²) in [6.07, 6.45) is 1.90. The zero-order valence-corrected chi connectivity index (χ0v) is 13.9. The summed E-state index contributed by atoms with van der Waals surface area (Å²) in [5.41, 5.74) is 1.22. The molecule has 1 amide bonds. The molecule has 1 aromatic rings. The molecule has 0 saturated carbocycles. The second kappa shape index (κ2) is 7.28. The average Bonchev–Trinajstić information content (AvgIpc) is 2.53. The largest absolute Gasteiger partial charge is 0.342 e. The lowest BCUT2D eigenvalue weighted by atomic mass is 9.91. The number of nitrogens with zero attached hydrogens (tertiary/aromatic N) is 1. The van der Waals surface area contributed by atoms with Gasteiger partial charge in [-0.15, -0.1) is 0 Å². The van der Waals surface area contributed by atoms with Crippen LogP contribution in [0.3, 0.4) is 0 Å². The Morgan fingerprint density at radius 3 is 2.38 bits per heavy atom. The van der Waals surface area contributed by atoms with Crippen LogP contribution in [0.15, 0.2) is 24.3 Å². The average molecular weight is 309 g/mol. The summed E-state index contributed by atoms with van der Waals surface area (Å²) in [5.74, 6) is 0.749. The normalized spacial score (nSPS) is 19.0. The van der Waals surface area contributed by atoms with Crippen LogP contribution in [-0.4, -0.2) is 37.0 Å². The number of piperidine rings is 1. The van der Waals surface area contributed by atoms with Crippen molar-refractivity contribution in [3.05, 3.63) is 34.9 Å². The van der Waals surface area contributed by atoms with E-state index in [1.54, 1.807) is 0 Å². The predicted octanol–water partition coefficient (Wildman–Crippen LogP) is 3.29. The van der Waals surface area contributed by atoms with Crippen molar-refractivity contribution < 1.29 is 4.79 Å². The molecule has 0 spiro atoms. The van der Waals surface area contributed by atoms with Gasteiger partial charge in [-0.25, -0.2) is 0 Å². The number of amides is 1. The van der Waals surface area contributed by atoms with E-state index in [-0.39, 0.29) is 23.8 Å². The number of hydrogen-bond acceptors (Lipinski definition) is 2. The van der Waals surface area contributed by atoms with E-state index in [9.17, 15) is 4.79 Å². The summed E-state index contributed by atoms with van der Waals surface area (Å²) in [5, 5.41) is 4.06. The first-order chi connectivity index (χ1) is 10.0. The molecule has 4 heteroatoms. The molecule has 1 heterocycles. The van der Waals surface area contributed by atoms with Gasteiger partial charge in [0.05, 0.1) is 0 Å². The second-order valence-corrected chi connectivity index (χ2v) is 6.49. The monoisotopic (exact) mass is 308 g/mol. The molecule has 2 rings (SSSR count). The molecule has 1 aliphatic heterocycles. The van der Waals surface area contributed by atoms with E-state index in [2.05, 4.69) is 19.2 Å². The fourth-order valence-electron chi connectivity index (χ4n) is 2.94. The van der Waals surface area contributed by atoms with Crippen LogP contribution < -0.4 is 5.32 Å². The van der Waals surface area contributed by atoms with E-state index in [1.165, 1.54) is 5.56 Å². The first-order valence-corrected chi connectivity index (χ1v) is 8.11. The smallest absolute Gasteiger partial charge is 0.225 e. The molecule has 0 aromatic heterocycles. The van der Waals surface area contributed by atoms with Crippen LogP contribution >= 0.6 is 11.6 Å². The van der Waals surface area contributed by atoms with Crippen molar-refractivity contribution in [2.45, 2.75) is 38.6 Å². The van der Waals surface area contributed by atoms with Crippen LogP contribution in [0.2, 0.25) is 5.02 Å². The highest BCUT2D eigenvalue weighted by atomic mass is 35.5. The molecule has 3 nitrogen and oxygen atoms in total. The Kier molecular flexibility index (Phi) is 5.65. The van der Waals surface area contributed by atoms with Gasteiger partial charge in [-0.2, -0.15) is 0 Å². The number of benzene rings is 1. The first kappa shape index (κ1) is 16.3. The molecule has 1 aromatic carbocycles. The van der Waals surface area contributed by atoms with Gasteiger partial charge in [0.2, 0.25) is 5.91 Å². The summed E-state index contributed by atoms with van der Waals surface area (Å²) < 4.78 is 0. The minimum atomic E-state index is 0.175. The Bertz CT molecular complexity index is 468. The molecule has 2 atom stereocenters. The van der Waals surface area contributed by atoms with Crippen molar-refractivity contribution in [3.8, 4) is 0 Å². The number of likely N-dealkylation sites (N-methyl/N-ethyl adjacent to an activating group) is 1. The van der Waals surface area contributed by atoms with Crippen molar-refractivity contribution >= 4 is 17.5 Å². The number of nitrogens with one attached hydrogen (secondary N) is 1. The fraction of sp³-hybridized carbons (Fsp3) is 0.588. The molecule has 0 radical (unpaired) electrons. The highest BCUT2D eigenvalue weighted by Crippen LogP contribution is 2.26. The SMILES string of the molecule is CC(c1ccc(Cl)cc1)C(C)N(C)C(=O)C1CCNCC1. The maximum Gasteiger partial charge on any atom is 0.225 e. The Morgan fingerprint density at radius 1 is 1.24 bits per heavy atom. The van der Waals surface area contributed by atoms with E-state index >= 15 is 0 Å².